The van der Waals surface area contributed by atoms with Crippen LogP contribution in [-0.2, 0) is 25.5 Å². The number of nitrogens with zero attached hydrogens (tertiary/aromatic N) is 3. The molecule has 4 aliphatic carbocycles. The summed E-state index contributed by atoms with van der Waals surface area (Å²) in [5, 5.41) is 25.7. The molecule has 1 saturated heterocycles. The van der Waals surface area contributed by atoms with Crippen molar-refractivity contribution in [2.75, 3.05) is 19.0 Å². The summed E-state index contributed by atoms with van der Waals surface area (Å²) >= 11 is 0.924. The van der Waals surface area contributed by atoms with Crippen molar-refractivity contribution in [3.05, 3.63) is 53.1 Å². The Morgan fingerprint density at radius 3 is 2.77 bits per heavy atom. The molecule has 0 bridgehead atoms. The summed E-state index contributed by atoms with van der Waals surface area (Å²) in [4.78, 5) is 27.4. The molecular weight excluding hydrogens is 581 g/mol. The van der Waals surface area contributed by atoms with Gasteiger partial charge in [-0.1, -0.05) is 31.2 Å². The Labute approximate surface area is 261 Å². The zero-order chi connectivity index (χ0) is 30.9. The highest BCUT2D eigenvalue weighted by molar-refractivity contribution is 8.14. The molecule has 1 aromatic heterocycles. The molecule has 0 spiro atoms. The van der Waals surface area contributed by atoms with E-state index in [9.17, 15) is 24.3 Å². The number of rotatable bonds is 5. The molecule has 8 atom stereocenters. The highest BCUT2D eigenvalue weighted by Crippen LogP contribution is 2.69. The van der Waals surface area contributed by atoms with E-state index >= 15 is 0 Å². The van der Waals surface area contributed by atoms with Crippen molar-refractivity contribution < 1.29 is 28.6 Å². The highest BCUT2D eigenvalue weighted by Gasteiger charge is 2.71. The summed E-state index contributed by atoms with van der Waals surface area (Å²) in [5.74, 6) is -0.926. The molecule has 5 aliphatic rings. The Balaban J connectivity index is 1.22. The molecule has 1 aliphatic heterocycles. The number of hydrogen-bond acceptors (Lipinski definition) is 8. The lowest BCUT2D eigenvalue weighted by Crippen LogP contribution is -2.62. The maximum absolute atomic E-state index is 14.0. The van der Waals surface area contributed by atoms with E-state index in [2.05, 4.69) is 18.1 Å². The van der Waals surface area contributed by atoms with Crippen LogP contribution < -0.4 is 0 Å². The van der Waals surface area contributed by atoms with Gasteiger partial charge in [0.1, 0.15) is 5.82 Å². The fraction of sp³-hybridized carbons (Fsp3) is 0.588. The number of fused-ring (bicyclic) bond motifs is 6. The van der Waals surface area contributed by atoms with Gasteiger partial charge in [0.2, 0.25) is 5.12 Å². The molecule has 6 unspecified atom stereocenters. The average Bonchev–Trinajstić information content (AvgIpc) is 3.73. The number of aliphatic hydroxyl groups is 1. The van der Waals surface area contributed by atoms with Gasteiger partial charge in [0.05, 0.1) is 48.0 Å². The van der Waals surface area contributed by atoms with Crippen molar-refractivity contribution in [2.24, 2.45) is 34.5 Å². The Morgan fingerprint density at radius 2 is 2.05 bits per heavy atom. The van der Waals surface area contributed by atoms with Gasteiger partial charge in [0, 0.05) is 12.0 Å². The molecule has 4 fully saturated rings. The first-order valence-electron chi connectivity index (χ1n) is 15.7. The minimum atomic E-state index is -1.39. The van der Waals surface area contributed by atoms with Crippen molar-refractivity contribution in [3.8, 4) is 11.8 Å². The number of halogens is 1. The predicted octanol–water partition coefficient (Wildman–Crippen LogP) is 5.27. The molecule has 0 amide bonds. The summed E-state index contributed by atoms with van der Waals surface area (Å²) in [6.45, 7) is 5.07. The van der Waals surface area contributed by atoms with Gasteiger partial charge in [-0.15, -0.1) is 0 Å². The SMILES string of the molecule is CC12Cc3cnn(-c4ccc(F)cc4)c3C=C1CCC1[C@@H]2C(O)CC2(C)[C@H]1CCC2(OC(=O)C1CCOC1)C(=O)SCC#N. The van der Waals surface area contributed by atoms with Crippen molar-refractivity contribution in [2.45, 2.75) is 70.5 Å². The van der Waals surface area contributed by atoms with Crippen LogP contribution in [0.4, 0.5) is 4.39 Å². The second-order valence-corrected chi connectivity index (χ2v) is 14.8. The molecule has 7 rings (SSSR count). The largest absolute Gasteiger partial charge is 0.449 e. The minimum Gasteiger partial charge on any atom is -0.449 e. The van der Waals surface area contributed by atoms with Gasteiger partial charge in [0.25, 0.3) is 0 Å². The first-order valence-corrected chi connectivity index (χ1v) is 16.7. The standard InChI is InChI=1S/C34H38FN3O5S/c1-32-16-21-18-37-38(24-6-4-23(35)5-7-24)27(21)15-22(32)3-8-25-26-9-11-34(31(41)44-14-12-36,33(26,2)17-28(39)29(25)32)43-30(40)20-10-13-42-19-20/h4-7,15,18,20,25-26,28-29,39H,3,8-11,13-14,16-17,19H2,1-2H3/t20?,25?,26-,28?,29+,32?,33?,34?/m0/s1. The van der Waals surface area contributed by atoms with Gasteiger partial charge in [-0.05, 0) is 104 Å². The van der Waals surface area contributed by atoms with E-state index in [0.717, 1.165) is 54.4 Å². The Hall–Kier alpha value is -3.00. The summed E-state index contributed by atoms with van der Waals surface area (Å²) in [6.07, 6.45) is 7.88. The second kappa shape index (κ2) is 10.8. The molecule has 3 saturated carbocycles. The van der Waals surface area contributed by atoms with Crippen LogP contribution in [0, 0.1) is 51.6 Å². The van der Waals surface area contributed by atoms with E-state index in [1.165, 1.54) is 17.7 Å². The zero-order valence-corrected chi connectivity index (χ0v) is 25.9. The summed E-state index contributed by atoms with van der Waals surface area (Å²) < 4.78 is 27.2. The van der Waals surface area contributed by atoms with Crippen LogP contribution in [0.15, 0.2) is 36.0 Å². The van der Waals surface area contributed by atoms with Gasteiger partial charge in [-0.3, -0.25) is 9.59 Å². The first kappa shape index (κ1) is 29.7. The van der Waals surface area contributed by atoms with Gasteiger partial charge >= 0.3 is 5.97 Å². The number of thioether (sulfide) groups is 1. The number of esters is 1. The normalized spacial score (nSPS) is 37.2. The van der Waals surface area contributed by atoms with Gasteiger partial charge in [-0.25, -0.2) is 9.07 Å². The first-order chi connectivity index (χ1) is 21.1. The smallest absolute Gasteiger partial charge is 0.312 e. The third-order valence-corrected chi connectivity index (χ3v) is 12.6. The minimum absolute atomic E-state index is 0.0137. The topological polar surface area (TPSA) is 114 Å². The molecule has 8 nitrogen and oxygen atoms in total. The van der Waals surface area contributed by atoms with Crippen LogP contribution in [0.1, 0.15) is 63.6 Å². The number of aromatic nitrogens is 2. The molecule has 0 radical (unpaired) electrons. The van der Waals surface area contributed by atoms with Gasteiger partial charge < -0.3 is 14.6 Å². The van der Waals surface area contributed by atoms with Gasteiger partial charge in [0.15, 0.2) is 5.60 Å². The number of ether oxygens (including phenoxy) is 2. The van der Waals surface area contributed by atoms with Crippen LogP contribution in [0.2, 0.25) is 0 Å². The van der Waals surface area contributed by atoms with E-state index in [1.54, 1.807) is 12.1 Å². The van der Waals surface area contributed by atoms with Crippen LogP contribution in [0.3, 0.4) is 0 Å². The van der Waals surface area contributed by atoms with Crippen molar-refractivity contribution in [1.29, 1.82) is 5.26 Å². The van der Waals surface area contributed by atoms with Crippen molar-refractivity contribution in [1.82, 2.24) is 9.78 Å². The van der Waals surface area contributed by atoms with Crippen LogP contribution in [-0.4, -0.2) is 56.6 Å². The quantitative estimate of drug-likeness (QED) is 0.451. The van der Waals surface area contributed by atoms with Crippen LogP contribution >= 0.6 is 11.8 Å². The number of aliphatic hydroxyl groups excluding tert-OH is 1. The number of carbonyl (C=O) groups is 2. The Kier molecular flexibility index (Phi) is 7.30. The number of hydrogen-bond donors (Lipinski definition) is 1. The van der Waals surface area contributed by atoms with E-state index in [0.29, 0.717) is 25.9 Å². The lowest BCUT2D eigenvalue weighted by Gasteiger charge is -2.60. The lowest BCUT2D eigenvalue weighted by atomic mass is 9.45. The molecular formula is C34H38FN3O5S. The lowest BCUT2D eigenvalue weighted by molar-refractivity contribution is -0.199. The van der Waals surface area contributed by atoms with E-state index in [-0.39, 0.29) is 46.5 Å². The number of nitriles is 1. The third kappa shape index (κ3) is 4.33. The highest BCUT2D eigenvalue weighted by atomic mass is 32.2. The fourth-order valence-electron chi connectivity index (χ4n) is 9.70. The predicted molar refractivity (Wildman–Crippen MR) is 162 cm³/mol. The van der Waals surface area contributed by atoms with E-state index < -0.39 is 29.0 Å². The summed E-state index contributed by atoms with van der Waals surface area (Å²) in [5.41, 5.74) is 1.74. The molecule has 1 N–H and O–H groups in total. The molecule has 44 heavy (non-hydrogen) atoms. The van der Waals surface area contributed by atoms with E-state index in [4.69, 9.17) is 9.47 Å². The second-order valence-electron chi connectivity index (χ2n) is 13.8. The Morgan fingerprint density at radius 1 is 1.25 bits per heavy atom. The van der Waals surface area contributed by atoms with Crippen molar-refractivity contribution >= 4 is 28.9 Å². The monoisotopic (exact) mass is 619 g/mol. The van der Waals surface area contributed by atoms with Crippen molar-refractivity contribution in [3.63, 3.8) is 0 Å². The molecule has 2 aromatic rings. The number of carbonyl (C=O) groups excluding carboxylic acids is 2. The molecule has 2 heterocycles. The zero-order valence-electron chi connectivity index (χ0n) is 25.1. The third-order valence-electron chi connectivity index (χ3n) is 11.8. The van der Waals surface area contributed by atoms with E-state index in [1.807, 2.05) is 23.9 Å². The summed E-state index contributed by atoms with van der Waals surface area (Å²) in [7, 11) is 0. The molecule has 10 heteroatoms. The molecule has 232 valence electrons. The molecule has 1 aromatic carbocycles. The summed E-state index contributed by atoms with van der Waals surface area (Å²) in [6, 6.07) is 8.38. The van der Waals surface area contributed by atoms with Crippen LogP contribution in [0.25, 0.3) is 11.8 Å². The van der Waals surface area contributed by atoms with Crippen LogP contribution in [0.5, 0.6) is 0 Å². The maximum atomic E-state index is 14.0. The fourth-order valence-corrected chi connectivity index (χ4v) is 10.5. The Bertz CT molecular complexity index is 1560. The number of allylic oxidation sites excluding steroid dienone is 1. The maximum Gasteiger partial charge on any atom is 0.312 e. The number of benzene rings is 1. The average molecular weight is 620 g/mol. The van der Waals surface area contributed by atoms with Gasteiger partial charge in [-0.2, -0.15) is 10.4 Å².